The smallest absolute Gasteiger partial charge is 0.244 e. The Morgan fingerprint density at radius 3 is 1.25 bits per heavy atom. The number of hydrogen-bond acceptors (Lipinski definition) is 6. The van der Waals surface area contributed by atoms with Crippen molar-refractivity contribution in [3.63, 3.8) is 0 Å². The zero-order valence-electron chi connectivity index (χ0n) is 20.4. The molecule has 0 fully saturated rings. The molecule has 2 aliphatic rings. The number of benzene rings is 2. The maximum atomic E-state index is 14.6. The lowest BCUT2D eigenvalue weighted by atomic mass is 9.51. The number of carbonyl (C=O) groups excluding carboxylic acids is 2. The Morgan fingerprint density at radius 1 is 0.556 bits per heavy atom. The van der Waals surface area contributed by atoms with Crippen LogP contribution in [0.25, 0.3) is 0 Å². The monoisotopic (exact) mass is 476 g/mol. The van der Waals surface area contributed by atoms with Crippen molar-refractivity contribution in [1.29, 1.82) is 0 Å². The van der Waals surface area contributed by atoms with Crippen molar-refractivity contribution in [2.75, 3.05) is 10.6 Å². The highest BCUT2D eigenvalue weighted by molar-refractivity contribution is 6.20. The van der Waals surface area contributed by atoms with E-state index in [1.807, 2.05) is 76.2 Å². The lowest BCUT2D eigenvalue weighted by molar-refractivity contribution is -0.132. The number of aromatic nitrogens is 4. The van der Waals surface area contributed by atoms with Gasteiger partial charge in [0, 0.05) is 45.3 Å². The molecule has 0 unspecified atom stereocenters. The van der Waals surface area contributed by atoms with Crippen LogP contribution in [0.4, 0.5) is 11.4 Å². The summed E-state index contributed by atoms with van der Waals surface area (Å²) in [6.45, 7) is 7.42. The van der Waals surface area contributed by atoms with Gasteiger partial charge in [-0.1, -0.05) is 36.4 Å². The number of nitrogens with one attached hydrogen (secondary N) is 2. The Hall–Kier alpha value is -4.46. The quantitative estimate of drug-likeness (QED) is 0.457. The minimum Gasteiger partial charge on any atom is -0.325 e. The zero-order chi connectivity index (χ0) is 25.2. The fraction of sp³-hybridized carbons (Fsp3) is 0.214. The molecule has 2 atom stereocenters. The van der Waals surface area contributed by atoms with Crippen LogP contribution >= 0.6 is 0 Å². The van der Waals surface area contributed by atoms with Crippen molar-refractivity contribution in [3.8, 4) is 0 Å². The predicted molar refractivity (Wildman–Crippen MR) is 135 cm³/mol. The summed E-state index contributed by atoms with van der Waals surface area (Å²) >= 11 is 0. The van der Waals surface area contributed by atoms with E-state index in [4.69, 9.17) is 19.9 Å². The molecule has 0 radical (unpaired) electrons. The van der Waals surface area contributed by atoms with Gasteiger partial charge in [0.1, 0.15) is 0 Å². The third kappa shape index (κ3) is 2.69. The number of fused-ring (bicyclic) bond motifs is 5. The van der Waals surface area contributed by atoms with Gasteiger partial charge >= 0.3 is 0 Å². The molecule has 0 aliphatic carbocycles. The van der Waals surface area contributed by atoms with E-state index in [1.54, 1.807) is 12.1 Å². The molecule has 6 rings (SSSR count). The van der Waals surface area contributed by atoms with Crippen molar-refractivity contribution < 1.29 is 9.59 Å². The van der Waals surface area contributed by atoms with Crippen LogP contribution in [0, 0.1) is 27.7 Å². The highest BCUT2D eigenvalue weighted by atomic mass is 16.2. The fourth-order valence-corrected chi connectivity index (χ4v) is 5.83. The molecule has 2 aromatic heterocycles. The van der Waals surface area contributed by atoms with Gasteiger partial charge in [-0.15, -0.1) is 0 Å². The van der Waals surface area contributed by atoms with Crippen LogP contribution < -0.4 is 10.6 Å². The molecule has 4 aromatic rings. The van der Waals surface area contributed by atoms with Crippen molar-refractivity contribution in [2.24, 2.45) is 0 Å². The van der Waals surface area contributed by atoms with Crippen molar-refractivity contribution >= 4 is 23.2 Å². The number of anilines is 2. The number of rotatable bonds is 2. The van der Waals surface area contributed by atoms with Gasteiger partial charge in [-0.05, 0) is 52.0 Å². The first-order valence-corrected chi connectivity index (χ1v) is 11.8. The van der Waals surface area contributed by atoms with Crippen LogP contribution in [0.2, 0.25) is 0 Å². The van der Waals surface area contributed by atoms with Gasteiger partial charge in [-0.3, -0.25) is 9.59 Å². The fourth-order valence-electron chi connectivity index (χ4n) is 5.83. The van der Waals surface area contributed by atoms with Gasteiger partial charge in [0.2, 0.25) is 11.8 Å². The molecule has 8 nitrogen and oxygen atoms in total. The van der Waals surface area contributed by atoms with Crippen molar-refractivity contribution in [2.45, 2.75) is 38.5 Å². The van der Waals surface area contributed by atoms with E-state index in [0.29, 0.717) is 45.3 Å². The Bertz CT molecular complexity index is 1440. The average molecular weight is 477 g/mol. The first-order chi connectivity index (χ1) is 17.3. The topological polar surface area (TPSA) is 110 Å². The lowest BCUT2D eigenvalue weighted by Crippen LogP contribution is -2.69. The van der Waals surface area contributed by atoms with E-state index in [0.717, 1.165) is 0 Å². The van der Waals surface area contributed by atoms with Crippen LogP contribution in [-0.4, -0.2) is 31.8 Å². The van der Waals surface area contributed by atoms with Gasteiger partial charge in [-0.2, -0.15) is 0 Å². The van der Waals surface area contributed by atoms with Crippen LogP contribution in [0.1, 0.15) is 45.6 Å². The third-order valence-electron chi connectivity index (χ3n) is 7.04. The average Bonchev–Trinajstić information content (AvgIpc) is 2.82. The van der Waals surface area contributed by atoms with Gasteiger partial charge in [-0.25, -0.2) is 19.9 Å². The van der Waals surface area contributed by atoms with E-state index >= 15 is 0 Å². The number of amides is 2. The number of para-hydroxylation sites is 2. The first-order valence-electron chi connectivity index (χ1n) is 11.8. The number of aryl methyl sites for hydroxylation is 4. The van der Waals surface area contributed by atoms with Crippen LogP contribution in [0.3, 0.4) is 0 Å². The van der Waals surface area contributed by atoms with Crippen LogP contribution in [0.5, 0.6) is 0 Å². The summed E-state index contributed by atoms with van der Waals surface area (Å²) in [4.78, 5) is 48.3. The molecular weight excluding hydrogens is 452 g/mol. The molecule has 0 bridgehead atoms. The molecule has 0 saturated carbocycles. The first kappa shape index (κ1) is 22.0. The van der Waals surface area contributed by atoms with Gasteiger partial charge in [0.15, 0.2) is 22.5 Å². The maximum Gasteiger partial charge on any atom is 0.244 e. The Kier molecular flexibility index (Phi) is 4.60. The van der Waals surface area contributed by atoms with Crippen molar-refractivity contribution in [3.05, 3.63) is 106 Å². The summed E-state index contributed by atoms with van der Waals surface area (Å²) < 4.78 is 0. The molecule has 36 heavy (non-hydrogen) atoms. The molecule has 2 N–H and O–H groups in total. The van der Waals surface area contributed by atoms with E-state index in [2.05, 4.69) is 10.6 Å². The van der Waals surface area contributed by atoms with Gasteiger partial charge in [0.25, 0.3) is 0 Å². The largest absolute Gasteiger partial charge is 0.325 e. The number of nitrogens with zero attached hydrogens (tertiary/aromatic N) is 4. The zero-order valence-corrected chi connectivity index (χ0v) is 20.4. The lowest BCUT2D eigenvalue weighted by Gasteiger charge is -2.52. The van der Waals surface area contributed by atoms with E-state index < -0.39 is 22.6 Å². The minimum absolute atomic E-state index is 0.233. The molecule has 178 valence electrons. The molecular formula is C28H24N6O2. The molecule has 2 aliphatic heterocycles. The highest BCUT2D eigenvalue weighted by Gasteiger charge is 2.73. The molecule has 4 heterocycles. The normalized spacial score (nSPS) is 22.1. The molecule has 8 heteroatoms. The number of carbonyl (C=O) groups is 2. The summed E-state index contributed by atoms with van der Waals surface area (Å²) in [6, 6.07) is 18.3. The molecule has 2 aromatic carbocycles. The summed E-state index contributed by atoms with van der Waals surface area (Å²) in [5.74, 6) is -0.346. The summed E-state index contributed by atoms with van der Waals surface area (Å²) in [7, 11) is 0. The standard InChI is InChI=1S/C28H24N6O2/c1-15-13-16(2)30-23(29-15)27-19-9-5-7-11-21(19)34-26(36)28(27,24-31-17(3)14-18(4)32-24)20-10-6-8-12-22(20)33-25(27)35/h5-14H,1-4H3,(H,33,35)(H,34,36)/t27-,28+. The second kappa shape index (κ2) is 7.52. The highest BCUT2D eigenvalue weighted by Crippen LogP contribution is 2.59. The SMILES string of the molecule is Cc1cc(C)nc([C@]23C(=O)Nc4ccccc4[C@]2(c2nc(C)cc(C)n2)C(=O)Nc2ccccc23)n1. The Balaban J connectivity index is 1.90. The van der Waals surface area contributed by atoms with E-state index in [-0.39, 0.29) is 11.6 Å². The summed E-state index contributed by atoms with van der Waals surface area (Å²) in [5, 5.41) is 6.14. The molecule has 2 amide bonds. The second-order valence-electron chi connectivity index (χ2n) is 9.45. The van der Waals surface area contributed by atoms with Crippen LogP contribution in [0.15, 0.2) is 60.7 Å². The van der Waals surface area contributed by atoms with Crippen molar-refractivity contribution in [1.82, 2.24) is 19.9 Å². The summed E-state index contributed by atoms with van der Waals surface area (Å²) in [5.41, 5.74) is 1.66. The van der Waals surface area contributed by atoms with Gasteiger partial charge in [0.05, 0.1) is 0 Å². The third-order valence-corrected chi connectivity index (χ3v) is 7.04. The van der Waals surface area contributed by atoms with E-state index in [1.165, 1.54) is 0 Å². The Labute approximate surface area is 208 Å². The van der Waals surface area contributed by atoms with Gasteiger partial charge < -0.3 is 10.6 Å². The summed E-state index contributed by atoms with van der Waals surface area (Å²) in [6.07, 6.45) is 0. The predicted octanol–water partition coefficient (Wildman–Crippen LogP) is 3.68. The second-order valence-corrected chi connectivity index (χ2v) is 9.45. The minimum atomic E-state index is -1.67. The van der Waals surface area contributed by atoms with E-state index in [9.17, 15) is 9.59 Å². The van der Waals surface area contributed by atoms with Crippen LogP contribution in [-0.2, 0) is 20.4 Å². The molecule has 0 spiro atoms. The maximum absolute atomic E-state index is 14.6. The molecule has 0 saturated heterocycles. The number of hydrogen-bond donors (Lipinski definition) is 2. The Morgan fingerprint density at radius 2 is 0.889 bits per heavy atom.